The molecule has 34 heavy (non-hydrogen) atoms. The third-order valence-corrected chi connectivity index (χ3v) is 6.73. The first-order valence-corrected chi connectivity index (χ1v) is 12.3. The number of nitrogens with zero attached hydrogens (tertiary/aromatic N) is 4. The molecule has 0 bridgehead atoms. The molecule has 0 aliphatic heterocycles. The summed E-state index contributed by atoms with van der Waals surface area (Å²) in [6, 6.07) is 7.86. The van der Waals surface area contributed by atoms with Crippen molar-refractivity contribution in [1.29, 1.82) is 0 Å². The van der Waals surface area contributed by atoms with Gasteiger partial charge in [0.05, 0.1) is 6.33 Å². The Hall–Kier alpha value is -3.16. The van der Waals surface area contributed by atoms with Crippen LogP contribution in [0.3, 0.4) is 0 Å². The highest BCUT2D eigenvalue weighted by atomic mass is 16.2. The number of benzene rings is 1. The molecule has 8 nitrogen and oxygen atoms in total. The SMILES string of the molecule is CCCCn1c(=O)n(CC(=O)Nc2ccc(C(C)(C)C)cc2)c(=O)c2c1ncn2C1CCCC1. The normalized spacial score (nSPS) is 14.7. The van der Waals surface area contributed by atoms with Gasteiger partial charge in [-0.15, -0.1) is 0 Å². The minimum absolute atomic E-state index is 0.0110. The van der Waals surface area contributed by atoms with Gasteiger partial charge >= 0.3 is 5.69 Å². The maximum absolute atomic E-state index is 13.5. The number of unbranched alkanes of at least 4 members (excludes halogenated alkanes) is 1. The molecule has 1 aliphatic carbocycles. The first-order chi connectivity index (χ1) is 16.2. The Bertz CT molecular complexity index is 1290. The van der Waals surface area contributed by atoms with Gasteiger partial charge in [-0.2, -0.15) is 0 Å². The fraction of sp³-hybridized carbons (Fsp3) is 0.538. The molecule has 1 amide bonds. The molecule has 0 radical (unpaired) electrons. The van der Waals surface area contributed by atoms with Crippen molar-refractivity contribution >= 4 is 22.8 Å². The van der Waals surface area contributed by atoms with E-state index in [0.717, 1.165) is 48.7 Å². The van der Waals surface area contributed by atoms with Gasteiger partial charge in [0.1, 0.15) is 6.54 Å². The zero-order chi connectivity index (χ0) is 24.5. The lowest BCUT2D eigenvalue weighted by Crippen LogP contribution is -2.43. The summed E-state index contributed by atoms with van der Waals surface area (Å²) in [4.78, 5) is 44.1. The monoisotopic (exact) mass is 465 g/mol. The fourth-order valence-electron chi connectivity index (χ4n) is 4.72. The van der Waals surface area contributed by atoms with Crippen LogP contribution in [0.4, 0.5) is 5.69 Å². The predicted molar refractivity (Wildman–Crippen MR) is 134 cm³/mol. The van der Waals surface area contributed by atoms with E-state index in [1.54, 1.807) is 10.9 Å². The lowest BCUT2D eigenvalue weighted by molar-refractivity contribution is -0.116. The molecule has 1 N–H and O–H groups in total. The van der Waals surface area contributed by atoms with Gasteiger partial charge in [0.25, 0.3) is 5.56 Å². The Morgan fingerprint density at radius 1 is 1.09 bits per heavy atom. The van der Waals surface area contributed by atoms with Crippen LogP contribution in [0, 0.1) is 0 Å². The number of rotatable bonds is 7. The highest BCUT2D eigenvalue weighted by Crippen LogP contribution is 2.31. The van der Waals surface area contributed by atoms with Gasteiger partial charge in [0, 0.05) is 18.3 Å². The topological polar surface area (TPSA) is 90.9 Å². The fourth-order valence-corrected chi connectivity index (χ4v) is 4.72. The Morgan fingerprint density at radius 3 is 2.38 bits per heavy atom. The largest absolute Gasteiger partial charge is 0.333 e. The van der Waals surface area contributed by atoms with Crippen molar-refractivity contribution in [3.05, 3.63) is 57.0 Å². The number of carbonyl (C=O) groups excluding carboxylic acids is 1. The van der Waals surface area contributed by atoms with Crippen molar-refractivity contribution in [2.24, 2.45) is 0 Å². The second-order valence-electron chi connectivity index (χ2n) is 10.3. The highest BCUT2D eigenvalue weighted by Gasteiger charge is 2.24. The van der Waals surface area contributed by atoms with E-state index in [4.69, 9.17) is 0 Å². The molecule has 4 rings (SSSR count). The molecule has 8 heteroatoms. The summed E-state index contributed by atoms with van der Waals surface area (Å²) < 4.78 is 4.53. The van der Waals surface area contributed by atoms with Crippen LogP contribution in [0.1, 0.15) is 77.8 Å². The quantitative estimate of drug-likeness (QED) is 0.566. The van der Waals surface area contributed by atoms with Crippen LogP contribution < -0.4 is 16.6 Å². The van der Waals surface area contributed by atoms with E-state index in [1.807, 2.05) is 35.8 Å². The van der Waals surface area contributed by atoms with E-state index >= 15 is 0 Å². The van der Waals surface area contributed by atoms with Crippen LogP contribution in [-0.2, 0) is 23.3 Å². The lowest BCUT2D eigenvalue weighted by atomic mass is 9.87. The molecule has 1 aromatic carbocycles. The van der Waals surface area contributed by atoms with E-state index in [-0.39, 0.29) is 18.0 Å². The number of hydrogen-bond acceptors (Lipinski definition) is 4. The van der Waals surface area contributed by atoms with Gasteiger partial charge in [-0.3, -0.25) is 14.2 Å². The lowest BCUT2D eigenvalue weighted by Gasteiger charge is -2.19. The minimum atomic E-state index is -0.485. The van der Waals surface area contributed by atoms with Crippen molar-refractivity contribution in [2.75, 3.05) is 5.32 Å². The van der Waals surface area contributed by atoms with Gasteiger partial charge < -0.3 is 9.88 Å². The summed E-state index contributed by atoms with van der Waals surface area (Å²) in [7, 11) is 0. The Morgan fingerprint density at radius 2 is 1.76 bits per heavy atom. The number of nitrogens with one attached hydrogen (secondary N) is 1. The predicted octanol–water partition coefficient (Wildman–Crippen LogP) is 4.21. The van der Waals surface area contributed by atoms with Crippen LogP contribution in [0.5, 0.6) is 0 Å². The molecule has 0 atom stereocenters. The maximum atomic E-state index is 13.5. The molecule has 1 aliphatic rings. The molecule has 0 saturated heterocycles. The molecule has 182 valence electrons. The molecule has 1 saturated carbocycles. The van der Waals surface area contributed by atoms with Crippen molar-refractivity contribution in [3.63, 3.8) is 0 Å². The van der Waals surface area contributed by atoms with E-state index in [2.05, 4.69) is 31.1 Å². The second-order valence-corrected chi connectivity index (χ2v) is 10.3. The van der Waals surface area contributed by atoms with Gasteiger partial charge in [-0.1, -0.05) is 59.1 Å². The van der Waals surface area contributed by atoms with Gasteiger partial charge in [-0.05, 0) is 42.4 Å². The maximum Gasteiger partial charge on any atom is 0.333 e. The Kier molecular flexibility index (Phi) is 6.77. The summed E-state index contributed by atoms with van der Waals surface area (Å²) >= 11 is 0. The summed E-state index contributed by atoms with van der Waals surface area (Å²) in [6.45, 7) is 8.56. The highest BCUT2D eigenvalue weighted by molar-refractivity contribution is 5.90. The van der Waals surface area contributed by atoms with Crippen molar-refractivity contribution in [3.8, 4) is 0 Å². The van der Waals surface area contributed by atoms with Crippen molar-refractivity contribution in [2.45, 2.75) is 90.8 Å². The van der Waals surface area contributed by atoms with Crippen LogP contribution in [-0.4, -0.2) is 24.6 Å². The number of anilines is 1. The first-order valence-electron chi connectivity index (χ1n) is 12.3. The smallest absolute Gasteiger partial charge is 0.325 e. The molecule has 2 heterocycles. The van der Waals surface area contributed by atoms with Crippen LogP contribution in [0.2, 0.25) is 0 Å². The standard InChI is InChI=1S/C26H35N5O3/c1-5-6-15-29-23-22(31(17-27-23)20-9-7-8-10-20)24(33)30(25(29)34)16-21(32)28-19-13-11-18(12-14-19)26(2,3)4/h11-14,17,20H,5-10,15-16H2,1-4H3,(H,28,32). The third kappa shape index (κ3) is 4.72. The number of aromatic nitrogens is 4. The summed E-state index contributed by atoms with van der Waals surface area (Å²) in [5.41, 5.74) is 1.71. The Labute approximate surface area is 199 Å². The average molecular weight is 466 g/mol. The minimum Gasteiger partial charge on any atom is -0.325 e. The second kappa shape index (κ2) is 9.60. The Balaban J connectivity index is 1.68. The number of aryl methyl sites for hydroxylation is 1. The third-order valence-electron chi connectivity index (χ3n) is 6.73. The number of fused-ring (bicyclic) bond motifs is 1. The number of hydrogen-bond donors (Lipinski definition) is 1. The zero-order valence-corrected chi connectivity index (χ0v) is 20.6. The van der Waals surface area contributed by atoms with Crippen molar-refractivity contribution < 1.29 is 4.79 Å². The first kappa shape index (κ1) is 24.0. The van der Waals surface area contributed by atoms with E-state index in [1.165, 1.54) is 0 Å². The number of carbonyl (C=O) groups is 1. The van der Waals surface area contributed by atoms with E-state index in [0.29, 0.717) is 23.4 Å². The summed E-state index contributed by atoms with van der Waals surface area (Å²) in [5.74, 6) is -0.406. The van der Waals surface area contributed by atoms with Gasteiger partial charge in [0.15, 0.2) is 11.2 Å². The summed E-state index contributed by atoms with van der Waals surface area (Å²) in [5, 5.41) is 2.83. The van der Waals surface area contributed by atoms with Crippen LogP contribution in [0.25, 0.3) is 11.2 Å². The molecular formula is C26H35N5O3. The molecule has 0 unspecified atom stereocenters. The molecular weight excluding hydrogens is 430 g/mol. The van der Waals surface area contributed by atoms with Gasteiger partial charge in [0.2, 0.25) is 5.91 Å². The van der Waals surface area contributed by atoms with Crippen LogP contribution >= 0.6 is 0 Å². The molecule has 2 aromatic heterocycles. The number of amides is 1. The van der Waals surface area contributed by atoms with E-state index in [9.17, 15) is 14.4 Å². The van der Waals surface area contributed by atoms with E-state index < -0.39 is 17.2 Å². The number of imidazole rings is 1. The zero-order valence-electron chi connectivity index (χ0n) is 20.6. The average Bonchev–Trinajstić information content (AvgIpc) is 3.46. The van der Waals surface area contributed by atoms with Gasteiger partial charge in [-0.25, -0.2) is 14.3 Å². The van der Waals surface area contributed by atoms with Crippen molar-refractivity contribution in [1.82, 2.24) is 18.7 Å². The molecule has 0 spiro atoms. The molecule has 3 aromatic rings. The molecule has 1 fully saturated rings. The van der Waals surface area contributed by atoms with Crippen LogP contribution in [0.15, 0.2) is 40.2 Å². The summed E-state index contributed by atoms with van der Waals surface area (Å²) in [6.07, 6.45) is 7.59.